The Bertz CT molecular complexity index is 1460. The average molecular weight is 538 g/mol. The third-order valence-corrected chi connectivity index (χ3v) is 7.53. The number of carbonyl (C=O) groups is 1. The number of ether oxygens (including phenoxy) is 2. The van der Waals surface area contributed by atoms with E-state index in [0.717, 1.165) is 15.8 Å². The number of hydrogen-bond donors (Lipinski definition) is 0. The zero-order valence-corrected chi connectivity index (χ0v) is 22.5. The van der Waals surface area contributed by atoms with Gasteiger partial charge in [0, 0.05) is 53.5 Å². The van der Waals surface area contributed by atoms with E-state index in [1.165, 1.54) is 11.3 Å². The van der Waals surface area contributed by atoms with Crippen molar-refractivity contribution in [3.63, 3.8) is 0 Å². The Labute approximate surface area is 224 Å². The van der Waals surface area contributed by atoms with Crippen LogP contribution in [0.1, 0.15) is 33.6 Å². The van der Waals surface area contributed by atoms with Crippen LogP contribution in [-0.4, -0.2) is 45.3 Å². The lowest BCUT2D eigenvalue weighted by atomic mass is 10.1. The molecule has 0 bridgehead atoms. The third-order valence-electron chi connectivity index (χ3n) is 6.09. The topological polar surface area (TPSA) is 73.7 Å². The van der Waals surface area contributed by atoms with E-state index >= 15 is 0 Å². The molecule has 0 atom stereocenters. The van der Waals surface area contributed by atoms with Gasteiger partial charge in [0.05, 0.1) is 11.9 Å². The Morgan fingerprint density at radius 3 is 2.46 bits per heavy atom. The van der Waals surface area contributed by atoms with E-state index in [9.17, 15) is 9.59 Å². The van der Waals surface area contributed by atoms with Crippen molar-refractivity contribution in [3.05, 3.63) is 76.3 Å². The maximum atomic E-state index is 13.3. The van der Waals surface area contributed by atoms with Gasteiger partial charge in [0.15, 0.2) is 0 Å². The van der Waals surface area contributed by atoms with Crippen LogP contribution in [0, 0.1) is 0 Å². The summed E-state index contributed by atoms with van der Waals surface area (Å²) in [6.45, 7) is 6.74. The highest BCUT2D eigenvalue weighted by atomic mass is 35.5. The predicted molar refractivity (Wildman–Crippen MR) is 147 cm³/mol. The van der Waals surface area contributed by atoms with Crippen molar-refractivity contribution in [1.29, 1.82) is 0 Å². The average Bonchev–Trinajstić information content (AvgIpc) is 3.30. The molecular formula is C28H28ClN3O4S. The fraction of sp³-hybridized carbons (Fsp3) is 0.321. The first-order chi connectivity index (χ1) is 17.7. The van der Waals surface area contributed by atoms with Gasteiger partial charge in [0.25, 0.3) is 5.56 Å². The number of rotatable bonds is 4. The molecule has 0 unspecified atom stereocenters. The molecule has 0 radical (unpaired) electrons. The lowest BCUT2D eigenvalue weighted by Crippen LogP contribution is -2.44. The minimum atomic E-state index is -0.509. The highest BCUT2D eigenvalue weighted by Gasteiger charge is 2.27. The van der Waals surface area contributed by atoms with Gasteiger partial charge in [-0.1, -0.05) is 23.7 Å². The van der Waals surface area contributed by atoms with Crippen molar-refractivity contribution in [1.82, 2.24) is 14.5 Å². The van der Waals surface area contributed by atoms with Crippen molar-refractivity contribution >= 4 is 39.1 Å². The molecule has 0 N–H and O–H groups in total. The van der Waals surface area contributed by atoms with Crippen LogP contribution in [0.3, 0.4) is 0 Å². The standard InChI is InChI=1S/C28H28ClN3O4S/c1-28(2,3)36-27(34)31-13-11-22(12-14-31)35-24-9-8-21(17-30-24)32-15-10-19-16-23(37-25(19)26(32)33)18-4-6-20(29)7-5-18/h4-10,15-17,22H,11-14H2,1-3H3. The first-order valence-electron chi connectivity index (χ1n) is 12.2. The van der Waals surface area contributed by atoms with Gasteiger partial charge < -0.3 is 14.4 Å². The van der Waals surface area contributed by atoms with Gasteiger partial charge in [0.1, 0.15) is 16.4 Å². The summed E-state index contributed by atoms with van der Waals surface area (Å²) in [6.07, 6.45) is 4.50. The third kappa shape index (κ3) is 5.81. The summed E-state index contributed by atoms with van der Waals surface area (Å²) >= 11 is 7.47. The van der Waals surface area contributed by atoms with E-state index in [2.05, 4.69) is 4.98 Å². The fourth-order valence-corrected chi connectivity index (χ4v) is 5.44. The maximum Gasteiger partial charge on any atom is 0.410 e. The zero-order chi connectivity index (χ0) is 26.2. The highest BCUT2D eigenvalue weighted by molar-refractivity contribution is 7.22. The van der Waals surface area contributed by atoms with Crippen molar-refractivity contribution in [2.24, 2.45) is 0 Å². The van der Waals surface area contributed by atoms with E-state index in [1.807, 2.05) is 63.2 Å². The summed E-state index contributed by atoms with van der Waals surface area (Å²) in [6, 6.07) is 15.2. The fourth-order valence-electron chi connectivity index (χ4n) is 4.23. The lowest BCUT2D eigenvalue weighted by Gasteiger charge is -2.33. The molecule has 9 heteroatoms. The van der Waals surface area contributed by atoms with Crippen LogP contribution in [-0.2, 0) is 4.74 Å². The largest absolute Gasteiger partial charge is 0.474 e. The number of likely N-dealkylation sites (tertiary alicyclic amines) is 1. The quantitative estimate of drug-likeness (QED) is 0.295. The van der Waals surface area contributed by atoms with E-state index in [0.29, 0.717) is 47.2 Å². The second kappa shape index (κ2) is 10.2. The normalized spacial score (nSPS) is 14.6. The van der Waals surface area contributed by atoms with Crippen molar-refractivity contribution in [2.45, 2.75) is 45.3 Å². The van der Waals surface area contributed by atoms with Gasteiger partial charge in [-0.25, -0.2) is 9.78 Å². The minimum absolute atomic E-state index is 0.0338. The van der Waals surface area contributed by atoms with Gasteiger partial charge in [-0.05, 0) is 56.7 Å². The summed E-state index contributed by atoms with van der Waals surface area (Å²) in [7, 11) is 0. The number of piperidine rings is 1. The molecular weight excluding hydrogens is 510 g/mol. The molecule has 1 aromatic carbocycles. The summed E-state index contributed by atoms with van der Waals surface area (Å²) in [4.78, 5) is 32.7. The molecule has 0 spiro atoms. The summed E-state index contributed by atoms with van der Waals surface area (Å²) in [5, 5.41) is 1.58. The number of pyridine rings is 2. The Kier molecular flexibility index (Phi) is 6.96. The minimum Gasteiger partial charge on any atom is -0.474 e. The van der Waals surface area contributed by atoms with Gasteiger partial charge in [-0.2, -0.15) is 0 Å². The molecule has 1 amide bonds. The number of thiophene rings is 1. The number of carbonyl (C=O) groups excluding carboxylic acids is 1. The summed E-state index contributed by atoms with van der Waals surface area (Å²) in [5.74, 6) is 0.495. The highest BCUT2D eigenvalue weighted by Crippen LogP contribution is 2.32. The Hall–Kier alpha value is -3.36. The van der Waals surface area contributed by atoms with Crippen molar-refractivity contribution < 1.29 is 14.3 Å². The van der Waals surface area contributed by atoms with Crippen molar-refractivity contribution in [3.8, 4) is 22.0 Å². The second-order valence-corrected chi connectivity index (χ2v) is 11.5. The van der Waals surface area contributed by atoms with E-state index < -0.39 is 5.60 Å². The Balaban J connectivity index is 1.26. The lowest BCUT2D eigenvalue weighted by molar-refractivity contribution is 0.0123. The molecule has 37 heavy (non-hydrogen) atoms. The van der Waals surface area contributed by atoms with Crippen LogP contribution in [0.15, 0.2) is 65.7 Å². The van der Waals surface area contributed by atoms with Crippen LogP contribution in [0.25, 0.3) is 26.2 Å². The number of amides is 1. The smallest absolute Gasteiger partial charge is 0.410 e. The molecule has 5 rings (SSSR count). The first-order valence-corrected chi connectivity index (χ1v) is 13.4. The van der Waals surface area contributed by atoms with Gasteiger partial charge in [-0.3, -0.25) is 9.36 Å². The molecule has 1 aliphatic heterocycles. The Morgan fingerprint density at radius 1 is 1.08 bits per heavy atom. The van der Waals surface area contributed by atoms with Crippen molar-refractivity contribution in [2.75, 3.05) is 13.1 Å². The predicted octanol–water partition coefficient (Wildman–Crippen LogP) is 6.55. The Morgan fingerprint density at radius 2 is 1.81 bits per heavy atom. The van der Waals surface area contributed by atoms with E-state index in [-0.39, 0.29) is 17.8 Å². The van der Waals surface area contributed by atoms with Crippen LogP contribution < -0.4 is 10.3 Å². The molecule has 0 aliphatic carbocycles. The number of benzene rings is 1. The van der Waals surface area contributed by atoms with Crippen LogP contribution >= 0.6 is 22.9 Å². The van der Waals surface area contributed by atoms with E-state index in [1.54, 1.807) is 27.9 Å². The molecule has 192 valence electrons. The molecule has 7 nitrogen and oxygen atoms in total. The van der Waals surface area contributed by atoms with Gasteiger partial charge in [0.2, 0.25) is 5.88 Å². The van der Waals surface area contributed by atoms with E-state index in [4.69, 9.17) is 21.1 Å². The van der Waals surface area contributed by atoms with Crippen LogP contribution in [0.2, 0.25) is 5.02 Å². The second-order valence-electron chi connectivity index (χ2n) is 10.0. The number of hydrogen-bond acceptors (Lipinski definition) is 6. The molecule has 1 aliphatic rings. The van der Waals surface area contributed by atoms with Gasteiger partial charge >= 0.3 is 6.09 Å². The number of halogens is 1. The monoisotopic (exact) mass is 537 g/mol. The molecule has 3 aromatic heterocycles. The maximum absolute atomic E-state index is 13.3. The van der Waals surface area contributed by atoms with Crippen LogP contribution in [0.5, 0.6) is 5.88 Å². The molecule has 0 saturated carbocycles. The summed E-state index contributed by atoms with van der Waals surface area (Å²) in [5.41, 5.74) is 1.09. The van der Waals surface area contributed by atoms with Crippen LogP contribution in [0.4, 0.5) is 4.79 Å². The zero-order valence-electron chi connectivity index (χ0n) is 20.9. The molecule has 4 heterocycles. The molecule has 4 aromatic rings. The number of fused-ring (bicyclic) bond motifs is 1. The van der Waals surface area contributed by atoms with Gasteiger partial charge in [-0.15, -0.1) is 11.3 Å². The first kappa shape index (κ1) is 25.3. The number of nitrogens with zero attached hydrogens (tertiary/aromatic N) is 3. The molecule has 1 fully saturated rings. The molecule has 1 saturated heterocycles. The SMILES string of the molecule is CC(C)(C)OC(=O)N1CCC(Oc2ccc(-n3ccc4cc(-c5ccc(Cl)cc5)sc4c3=O)cn2)CC1. The number of aromatic nitrogens is 2. The summed E-state index contributed by atoms with van der Waals surface area (Å²) < 4.78 is 13.8.